The van der Waals surface area contributed by atoms with Crippen LogP contribution in [-0.4, -0.2) is 48.8 Å². The average Bonchev–Trinajstić information content (AvgIpc) is 2.79. The minimum absolute atomic E-state index is 0.215. The summed E-state index contributed by atoms with van der Waals surface area (Å²) in [5, 5.41) is 12.5. The number of aliphatic imine (C=N–C) groups is 1. The molecule has 18 heavy (non-hydrogen) atoms. The lowest BCUT2D eigenvalue weighted by Crippen LogP contribution is -2.42. The van der Waals surface area contributed by atoms with Gasteiger partial charge in [-0.2, -0.15) is 0 Å². The maximum atomic E-state index is 9.07. The highest BCUT2D eigenvalue weighted by atomic mass is 16.3. The third-order valence-corrected chi connectivity index (χ3v) is 4.35. The lowest BCUT2D eigenvalue weighted by molar-refractivity contribution is 0.151. The quantitative estimate of drug-likeness (QED) is 0.589. The van der Waals surface area contributed by atoms with Crippen LogP contribution < -0.4 is 5.32 Å². The molecule has 1 saturated heterocycles. The standard InChI is InChI=1S/C14H27N3O/c1-3-15-13(16-9-12(2)10-18)17-8-7-14(11-17)5-4-6-14/h12,18H,3-11H2,1-2H3,(H,15,16). The van der Waals surface area contributed by atoms with E-state index in [0.29, 0.717) is 12.0 Å². The highest BCUT2D eigenvalue weighted by Crippen LogP contribution is 2.47. The second-order valence-corrected chi connectivity index (χ2v) is 6.01. The van der Waals surface area contributed by atoms with Gasteiger partial charge in [-0.05, 0) is 37.5 Å². The van der Waals surface area contributed by atoms with Gasteiger partial charge in [0.1, 0.15) is 0 Å². The normalized spacial score (nSPS) is 24.2. The molecule has 0 aromatic carbocycles. The van der Waals surface area contributed by atoms with E-state index in [-0.39, 0.29) is 12.5 Å². The molecule has 1 aliphatic carbocycles. The van der Waals surface area contributed by atoms with Crippen molar-refractivity contribution in [3.63, 3.8) is 0 Å². The van der Waals surface area contributed by atoms with E-state index in [4.69, 9.17) is 5.11 Å². The summed E-state index contributed by atoms with van der Waals surface area (Å²) < 4.78 is 0. The van der Waals surface area contributed by atoms with Crippen LogP contribution in [0.25, 0.3) is 0 Å². The van der Waals surface area contributed by atoms with E-state index in [9.17, 15) is 0 Å². The summed E-state index contributed by atoms with van der Waals surface area (Å²) in [6.45, 7) is 8.29. The lowest BCUT2D eigenvalue weighted by atomic mass is 9.68. The number of hydrogen-bond donors (Lipinski definition) is 2. The summed E-state index contributed by atoms with van der Waals surface area (Å²) in [4.78, 5) is 7.07. The van der Waals surface area contributed by atoms with Gasteiger partial charge in [-0.15, -0.1) is 0 Å². The predicted octanol–water partition coefficient (Wildman–Crippen LogP) is 1.46. The molecule has 2 N–H and O–H groups in total. The van der Waals surface area contributed by atoms with Crippen molar-refractivity contribution in [3.8, 4) is 0 Å². The SMILES string of the molecule is CCNC(=NCC(C)CO)N1CCC2(CCC2)C1. The average molecular weight is 253 g/mol. The molecule has 1 heterocycles. The van der Waals surface area contributed by atoms with Gasteiger partial charge >= 0.3 is 0 Å². The second kappa shape index (κ2) is 5.91. The van der Waals surface area contributed by atoms with E-state index in [0.717, 1.165) is 19.0 Å². The molecule has 0 bridgehead atoms. The monoisotopic (exact) mass is 253 g/mol. The summed E-state index contributed by atoms with van der Waals surface area (Å²) in [6, 6.07) is 0. The molecule has 0 aromatic heterocycles. The topological polar surface area (TPSA) is 47.9 Å². The molecule has 1 unspecified atom stereocenters. The third-order valence-electron chi connectivity index (χ3n) is 4.35. The van der Waals surface area contributed by atoms with Crippen LogP contribution in [-0.2, 0) is 0 Å². The Labute approximate surface area is 110 Å². The Kier molecular flexibility index (Phi) is 4.49. The van der Waals surface area contributed by atoms with Gasteiger partial charge in [0.2, 0.25) is 0 Å². The number of nitrogens with zero attached hydrogens (tertiary/aromatic N) is 2. The zero-order valence-electron chi connectivity index (χ0n) is 11.8. The number of hydrogen-bond acceptors (Lipinski definition) is 2. The van der Waals surface area contributed by atoms with Crippen molar-refractivity contribution in [1.82, 2.24) is 10.2 Å². The maximum Gasteiger partial charge on any atom is 0.193 e. The molecule has 0 amide bonds. The molecule has 1 atom stereocenters. The van der Waals surface area contributed by atoms with Crippen molar-refractivity contribution in [2.24, 2.45) is 16.3 Å². The van der Waals surface area contributed by atoms with Crippen LogP contribution in [0.2, 0.25) is 0 Å². The van der Waals surface area contributed by atoms with E-state index in [2.05, 4.69) is 22.1 Å². The third kappa shape index (κ3) is 2.97. The molecule has 2 aliphatic rings. The van der Waals surface area contributed by atoms with Gasteiger partial charge in [-0.1, -0.05) is 13.3 Å². The first-order valence-electron chi connectivity index (χ1n) is 7.33. The van der Waals surface area contributed by atoms with Gasteiger partial charge in [0.15, 0.2) is 5.96 Å². The van der Waals surface area contributed by atoms with Crippen molar-refractivity contribution < 1.29 is 5.11 Å². The zero-order chi connectivity index (χ0) is 13.0. The summed E-state index contributed by atoms with van der Waals surface area (Å²) in [7, 11) is 0. The molecular weight excluding hydrogens is 226 g/mol. The van der Waals surface area contributed by atoms with Gasteiger partial charge in [-0.3, -0.25) is 4.99 Å². The van der Waals surface area contributed by atoms with Gasteiger partial charge in [0.05, 0.1) is 0 Å². The largest absolute Gasteiger partial charge is 0.396 e. The van der Waals surface area contributed by atoms with Crippen molar-refractivity contribution in [1.29, 1.82) is 0 Å². The summed E-state index contributed by atoms with van der Waals surface area (Å²) in [5.41, 5.74) is 0.610. The van der Waals surface area contributed by atoms with Gasteiger partial charge in [-0.25, -0.2) is 0 Å². The lowest BCUT2D eigenvalue weighted by Gasteiger charge is -2.38. The first-order valence-corrected chi connectivity index (χ1v) is 7.33. The molecule has 4 heteroatoms. The Morgan fingerprint density at radius 2 is 2.22 bits per heavy atom. The Morgan fingerprint density at radius 3 is 2.72 bits per heavy atom. The van der Waals surface area contributed by atoms with Crippen LogP contribution in [0.4, 0.5) is 0 Å². The van der Waals surface area contributed by atoms with E-state index < -0.39 is 0 Å². The highest BCUT2D eigenvalue weighted by Gasteiger charge is 2.43. The van der Waals surface area contributed by atoms with E-state index in [1.54, 1.807) is 0 Å². The number of aliphatic hydroxyl groups is 1. The molecule has 4 nitrogen and oxygen atoms in total. The van der Waals surface area contributed by atoms with Crippen LogP contribution in [0.15, 0.2) is 4.99 Å². The van der Waals surface area contributed by atoms with Gasteiger partial charge < -0.3 is 15.3 Å². The Morgan fingerprint density at radius 1 is 1.44 bits per heavy atom. The van der Waals surface area contributed by atoms with Crippen LogP contribution >= 0.6 is 0 Å². The Balaban J connectivity index is 1.93. The highest BCUT2D eigenvalue weighted by molar-refractivity contribution is 5.80. The van der Waals surface area contributed by atoms with Crippen LogP contribution in [0, 0.1) is 11.3 Å². The number of likely N-dealkylation sites (tertiary alicyclic amines) is 1. The molecule has 1 saturated carbocycles. The molecule has 1 spiro atoms. The number of aliphatic hydroxyl groups excluding tert-OH is 1. The molecular formula is C14H27N3O. The van der Waals surface area contributed by atoms with Crippen molar-refractivity contribution in [3.05, 3.63) is 0 Å². The molecule has 0 radical (unpaired) electrons. The predicted molar refractivity (Wildman–Crippen MR) is 74.7 cm³/mol. The van der Waals surface area contributed by atoms with E-state index in [1.807, 2.05) is 6.92 Å². The first kappa shape index (κ1) is 13.7. The van der Waals surface area contributed by atoms with E-state index in [1.165, 1.54) is 32.2 Å². The molecule has 2 rings (SSSR count). The Bertz CT molecular complexity index is 299. The maximum absolute atomic E-state index is 9.07. The summed E-state index contributed by atoms with van der Waals surface area (Å²) in [6.07, 6.45) is 5.53. The zero-order valence-corrected chi connectivity index (χ0v) is 11.8. The minimum atomic E-state index is 0.215. The fraction of sp³-hybridized carbons (Fsp3) is 0.929. The van der Waals surface area contributed by atoms with E-state index >= 15 is 0 Å². The summed E-state index contributed by atoms with van der Waals surface area (Å²) in [5.74, 6) is 1.29. The van der Waals surface area contributed by atoms with Crippen LogP contribution in [0.5, 0.6) is 0 Å². The van der Waals surface area contributed by atoms with Crippen molar-refractivity contribution in [2.45, 2.75) is 39.5 Å². The fourth-order valence-electron chi connectivity index (χ4n) is 2.93. The number of nitrogens with one attached hydrogen (secondary N) is 1. The number of rotatable bonds is 4. The van der Waals surface area contributed by atoms with Crippen molar-refractivity contribution >= 4 is 5.96 Å². The minimum Gasteiger partial charge on any atom is -0.396 e. The molecule has 1 aliphatic heterocycles. The molecule has 0 aromatic rings. The Hall–Kier alpha value is -0.770. The van der Waals surface area contributed by atoms with Crippen LogP contribution in [0.1, 0.15) is 39.5 Å². The first-order chi connectivity index (χ1) is 8.69. The van der Waals surface area contributed by atoms with Crippen molar-refractivity contribution in [2.75, 3.05) is 32.8 Å². The molecule has 104 valence electrons. The van der Waals surface area contributed by atoms with Gasteiger partial charge in [0.25, 0.3) is 0 Å². The second-order valence-electron chi connectivity index (χ2n) is 6.01. The summed E-state index contributed by atoms with van der Waals surface area (Å²) >= 11 is 0. The smallest absolute Gasteiger partial charge is 0.193 e. The van der Waals surface area contributed by atoms with Gasteiger partial charge in [0, 0.05) is 32.8 Å². The molecule has 2 fully saturated rings. The van der Waals surface area contributed by atoms with Crippen LogP contribution in [0.3, 0.4) is 0 Å². The number of guanidine groups is 1. The fourth-order valence-corrected chi connectivity index (χ4v) is 2.93.